The molecule has 1 fully saturated rings. The number of furan rings is 1. The van der Waals surface area contributed by atoms with Gasteiger partial charge >= 0.3 is 5.97 Å². The second kappa shape index (κ2) is 6.87. The summed E-state index contributed by atoms with van der Waals surface area (Å²) >= 11 is 1.37. The zero-order chi connectivity index (χ0) is 23.1. The fraction of sp³-hybridized carbons (Fsp3) is 0.154. The molecule has 7 rings (SSSR count). The van der Waals surface area contributed by atoms with Gasteiger partial charge in [0.25, 0.3) is 0 Å². The number of thioether (sulfide) groups is 1. The molecule has 5 aromatic rings. The van der Waals surface area contributed by atoms with Gasteiger partial charge in [0.2, 0.25) is 5.43 Å². The van der Waals surface area contributed by atoms with Crippen LogP contribution in [-0.2, 0) is 0 Å². The molecule has 6 nitrogen and oxygen atoms in total. The molecule has 0 unspecified atom stereocenters. The first kappa shape index (κ1) is 19.7. The number of aromatic nitrogens is 1. The lowest BCUT2D eigenvalue weighted by Crippen LogP contribution is -2.21. The van der Waals surface area contributed by atoms with Gasteiger partial charge in [0.1, 0.15) is 28.1 Å². The molecule has 0 bridgehead atoms. The minimum absolute atomic E-state index is 0.0291. The van der Waals surface area contributed by atoms with Gasteiger partial charge in [-0.15, -0.1) is 11.8 Å². The maximum atomic E-state index is 15.3. The van der Waals surface area contributed by atoms with Crippen LogP contribution in [0.2, 0.25) is 0 Å². The van der Waals surface area contributed by atoms with Crippen LogP contribution in [0, 0.1) is 11.7 Å². The summed E-state index contributed by atoms with van der Waals surface area (Å²) in [6.45, 7) is 0. The second-order valence-corrected chi connectivity index (χ2v) is 9.76. The number of para-hydroxylation sites is 1. The third-order valence-electron chi connectivity index (χ3n) is 6.47. The molecule has 34 heavy (non-hydrogen) atoms. The number of carboxylic acids is 1. The van der Waals surface area contributed by atoms with E-state index in [0.717, 1.165) is 35.4 Å². The zero-order valence-corrected chi connectivity index (χ0v) is 18.4. The summed E-state index contributed by atoms with van der Waals surface area (Å²) < 4.78 is 29.2. The van der Waals surface area contributed by atoms with Crippen LogP contribution in [0.5, 0.6) is 11.5 Å². The van der Waals surface area contributed by atoms with Crippen molar-refractivity contribution in [3.05, 3.63) is 70.3 Å². The number of pyridine rings is 1. The Labute approximate surface area is 195 Å². The van der Waals surface area contributed by atoms with Gasteiger partial charge in [-0.3, -0.25) is 4.79 Å². The quantitative estimate of drug-likeness (QED) is 0.301. The fourth-order valence-electron chi connectivity index (χ4n) is 4.59. The number of fused-ring (bicyclic) bond motifs is 5. The summed E-state index contributed by atoms with van der Waals surface area (Å²) in [5.74, 6) is 0.0343. The number of carboxylic acid groups (broad SMARTS) is 1. The molecule has 3 aromatic carbocycles. The highest BCUT2D eigenvalue weighted by Gasteiger charge is 2.31. The summed E-state index contributed by atoms with van der Waals surface area (Å²) in [6.07, 6.45) is 3.54. The van der Waals surface area contributed by atoms with Crippen molar-refractivity contribution in [2.24, 2.45) is 5.92 Å². The molecule has 2 aromatic heterocycles. The molecule has 0 amide bonds. The Morgan fingerprint density at radius 3 is 2.74 bits per heavy atom. The third kappa shape index (κ3) is 2.75. The maximum absolute atomic E-state index is 15.3. The van der Waals surface area contributed by atoms with E-state index < -0.39 is 22.8 Å². The highest BCUT2D eigenvalue weighted by Crippen LogP contribution is 2.49. The van der Waals surface area contributed by atoms with Crippen LogP contribution in [0.15, 0.2) is 62.8 Å². The van der Waals surface area contributed by atoms with Crippen molar-refractivity contribution in [1.82, 2.24) is 4.57 Å². The van der Waals surface area contributed by atoms with Crippen LogP contribution in [0.25, 0.3) is 38.5 Å². The van der Waals surface area contributed by atoms with Gasteiger partial charge in [-0.1, -0.05) is 18.2 Å². The molecule has 8 heteroatoms. The third-order valence-corrected chi connectivity index (χ3v) is 7.78. The normalized spacial score (nSPS) is 14.5. The lowest BCUT2D eigenvalue weighted by Gasteiger charge is -2.25. The zero-order valence-electron chi connectivity index (χ0n) is 17.6. The van der Waals surface area contributed by atoms with E-state index >= 15 is 4.39 Å². The Morgan fingerprint density at radius 2 is 1.94 bits per heavy atom. The highest BCUT2D eigenvalue weighted by atomic mass is 32.2. The Morgan fingerprint density at radius 1 is 1.12 bits per heavy atom. The molecular weight excluding hydrogens is 457 g/mol. The summed E-state index contributed by atoms with van der Waals surface area (Å²) in [7, 11) is 0. The van der Waals surface area contributed by atoms with Crippen LogP contribution in [0.3, 0.4) is 0 Å². The molecule has 1 aliphatic heterocycles. The summed E-state index contributed by atoms with van der Waals surface area (Å²) in [5.41, 5.74) is 1.01. The predicted molar refractivity (Wildman–Crippen MR) is 127 cm³/mol. The van der Waals surface area contributed by atoms with Crippen molar-refractivity contribution < 1.29 is 23.4 Å². The van der Waals surface area contributed by atoms with Gasteiger partial charge in [0, 0.05) is 28.8 Å². The first-order valence-electron chi connectivity index (χ1n) is 10.9. The number of hydrogen-bond donors (Lipinski definition) is 1. The van der Waals surface area contributed by atoms with Crippen molar-refractivity contribution in [2.75, 3.05) is 5.75 Å². The van der Waals surface area contributed by atoms with E-state index in [0.29, 0.717) is 38.9 Å². The van der Waals surface area contributed by atoms with Crippen LogP contribution in [0.1, 0.15) is 23.2 Å². The Bertz CT molecular complexity index is 1770. The number of ether oxygens (including phenoxy) is 1. The number of hydrogen-bond acceptors (Lipinski definition) is 5. The van der Waals surface area contributed by atoms with E-state index in [-0.39, 0.29) is 11.1 Å². The van der Waals surface area contributed by atoms with Crippen LogP contribution in [0.4, 0.5) is 4.39 Å². The van der Waals surface area contributed by atoms with E-state index in [9.17, 15) is 14.7 Å². The number of rotatable bonds is 4. The van der Waals surface area contributed by atoms with Gasteiger partial charge in [0.15, 0.2) is 11.5 Å². The summed E-state index contributed by atoms with van der Waals surface area (Å²) in [4.78, 5) is 25.1. The molecule has 0 spiro atoms. The van der Waals surface area contributed by atoms with Crippen LogP contribution >= 0.6 is 11.8 Å². The topological polar surface area (TPSA) is 81.7 Å². The predicted octanol–water partition coefficient (Wildman–Crippen LogP) is 6.34. The molecule has 1 saturated carbocycles. The largest absolute Gasteiger partial charge is 0.477 e. The van der Waals surface area contributed by atoms with Crippen LogP contribution < -0.4 is 10.2 Å². The lowest BCUT2D eigenvalue weighted by molar-refractivity contribution is 0.0695. The molecule has 168 valence electrons. The van der Waals surface area contributed by atoms with E-state index in [1.54, 1.807) is 10.6 Å². The molecule has 2 aliphatic rings. The van der Waals surface area contributed by atoms with E-state index in [1.807, 2.05) is 30.3 Å². The molecular formula is C26H16FNO5S. The van der Waals surface area contributed by atoms with E-state index in [1.165, 1.54) is 18.0 Å². The highest BCUT2D eigenvalue weighted by molar-refractivity contribution is 7.99. The minimum atomic E-state index is -1.37. The molecule has 0 radical (unpaired) electrons. The van der Waals surface area contributed by atoms with E-state index in [2.05, 4.69) is 0 Å². The van der Waals surface area contributed by atoms with Gasteiger partial charge in [-0.05, 0) is 37.0 Å². The Balaban J connectivity index is 1.57. The molecule has 1 N–H and O–H groups in total. The smallest absolute Gasteiger partial charge is 0.341 e. The standard InChI is InChI=1S/C26H16FNO5S/c27-17-7-15-22-24(25(17)34-11-12-5-6-12)33-21-8-14-13-3-1-2-4-19(13)32-20(14)9-18(21)28(22)10-16(23(15)29)26(30)31/h1-4,7-10,12H,5-6,11H2,(H,30,31). The maximum Gasteiger partial charge on any atom is 0.341 e. The summed E-state index contributed by atoms with van der Waals surface area (Å²) in [6, 6.07) is 12.3. The first-order valence-corrected chi connectivity index (χ1v) is 11.9. The number of carbonyl (C=O) groups is 1. The number of halogens is 1. The lowest BCUT2D eigenvalue weighted by atomic mass is 10.1. The molecule has 3 heterocycles. The number of nitrogens with zero attached hydrogens (tertiary/aromatic N) is 1. The number of aromatic carboxylic acids is 1. The number of benzene rings is 3. The molecule has 1 aliphatic carbocycles. The van der Waals surface area contributed by atoms with Crippen molar-refractivity contribution >= 4 is 50.6 Å². The average molecular weight is 473 g/mol. The van der Waals surface area contributed by atoms with Crippen LogP contribution in [-0.4, -0.2) is 21.4 Å². The Kier molecular flexibility index (Phi) is 3.97. The fourth-order valence-corrected chi connectivity index (χ4v) is 5.79. The van der Waals surface area contributed by atoms with Gasteiger partial charge in [-0.2, -0.15) is 0 Å². The Hall–Kier alpha value is -3.78. The molecule has 0 atom stereocenters. The van der Waals surface area contributed by atoms with Crippen molar-refractivity contribution in [3.63, 3.8) is 0 Å². The first-order chi connectivity index (χ1) is 16.5. The van der Waals surface area contributed by atoms with Gasteiger partial charge in [0.05, 0.1) is 16.0 Å². The summed E-state index contributed by atoms with van der Waals surface area (Å²) in [5, 5.41) is 11.4. The monoisotopic (exact) mass is 473 g/mol. The van der Waals surface area contributed by atoms with Gasteiger partial charge < -0.3 is 18.8 Å². The molecule has 0 saturated heterocycles. The van der Waals surface area contributed by atoms with Gasteiger partial charge in [-0.25, -0.2) is 9.18 Å². The van der Waals surface area contributed by atoms with Crippen molar-refractivity contribution in [1.29, 1.82) is 0 Å². The van der Waals surface area contributed by atoms with E-state index in [4.69, 9.17) is 9.15 Å². The second-order valence-electron chi connectivity index (χ2n) is 8.73. The minimum Gasteiger partial charge on any atom is -0.477 e. The average Bonchev–Trinajstić information content (AvgIpc) is 3.58. The van der Waals surface area contributed by atoms with Crippen molar-refractivity contribution in [3.8, 4) is 17.2 Å². The van der Waals surface area contributed by atoms with Crippen molar-refractivity contribution in [2.45, 2.75) is 17.7 Å². The SMILES string of the molecule is O=C(O)c1cn2c3c(c(SCC4CC4)c(F)cc3c1=O)Oc1cc3c(cc1-2)oc1ccccc13.